The van der Waals surface area contributed by atoms with Gasteiger partial charge in [0.2, 0.25) is 0 Å². The molecule has 16 heavy (non-hydrogen) atoms. The summed E-state index contributed by atoms with van der Waals surface area (Å²) in [5, 5.41) is 7.28. The molecule has 1 aliphatic heterocycles. The standard InChI is InChI=1S/C9H10N4O2S/c14-16(15)5-1-2-9(16)13-8-3-4-10-6-7(8)11-12-13/h3-4,6,9H,1-2,5H2. The molecule has 1 unspecified atom stereocenters. The Morgan fingerprint density at radius 1 is 1.44 bits per heavy atom. The SMILES string of the molecule is O=S1(=O)CCCC1n1nnc2cnccc21. The van der Waals surface area contributed by atoms with Crippen molar-refractivity contribution in [2.75, 3.05) is 5.75 Å². The summed E-state index contributed by atoms with van der Waals surface area (Å²) in [7, 11) is -3.06. The predicted octanol–water partition coefficient (Wildman–Crippen LogP) is 0.534. The van der Waals surface area contributed by atoms with Crippen molar-refractivity contribution >= 4 is 20.9 Å². The fourth-order valence-electron chi connectivity index (χ4n) is 2.06. The van der Waals surface area contributed by atoms with Gasteiger partial charge in [0.05, 0.1) is 17.5 Å². The number of nitrogens with zero attached hydrogens (tertiary/aromatic N) is 4. The number of rotatable bonds is 1. The van der Waals surface area contributed by atoms with E-state index in [9.17, 15) is 8.42 Å². The Morgan fingerprint density at radius 3 is 3.06 bits per heavy atom. The lowest BCUT2D eigenvalue weighted by atomic mass is 10.3. The number of hydrogen-bond donors (Lipinski definition) is 0. The highest BCUT2D eigenvalue weighted by atomic mass is 32.2. The molecule has 2 aromatic heterocycles. The Hall–Kier alpha value is -1.50. The van der Waals surface area contributed by atoms with Crippen LogP contribution in [0.15, 0.2) is 18.5 Å². The molecular formula is C9H10N4O2S. The second kappa shape index (κ2) is 3.24. The van der Waals surface area contributed by atoms with E-state index < -0.39 is 15.2 Å². The maximum atomic E-state index is 11.8. The maximum absolute atomic E-state index is 11.8. The van der Waals surface area contributed by atoms with E-state index in [4.69, 9.17) is 0 Å². The van der Waals surface area contributed by atoms with Crippen LogP contribution in [0.2, 0.25) is 0 Å². The first-order valence-electron chi connectivity index (χ1n) is 5.05. The van der Waals surface area contributed by atoms with Gasteiger partial charge in [-0.2, -0.15) is 0 Å². The van der Waals surface area contributed by atoms with Crippen molar-refractivity contribution in [3.63, 3.8) is 0 Å². The first-order chi connectivity index (χ1) is 7.68. The summed E-state index contributed by atoms with van der Waals surface area (Å²) in [4.78, 5) is 3.92. The zero-order chi connectivity index (χ0) is 11.2. The molecule has 0 aromatic carbocycles. The molecular weight excluding hydrogens is 228 g/mol. The van der Waals surface area contributed by atoms with Gasteiger partial charge in [-0.05, 0) is 18.9 Å². The number of pyridine rings is 1. The van der Waals surface area contributed by atoms with Crippen LogP contribution >= 0.6 is 0 Å². The Labute approximate surface area is 92.2 Å². The average molecular weight is 238 g/mol. The van der Waals surface area contributed by atoms with Crippen LogP contribution in [-0.4, -0.2) is 34.1 Å². The Morgan fingerprint density at radius 2 is 2.31 bits per heavy atom. The van der Waals surface area contributed by atoms with Crippen LogP contribution in [0.25, 0.3) is 11.0 Å². The van der Waals surface area contributed by atoms with E-state index in [2.05, 4.69) is 15.3 Å². The third kappa shape index (κ3) is 1.31. The largest absolute Gasteiger partial charge is 0.262 e. The van der Waals surface area contributed by atoms with Crippen LogP contribution in [-0.2, 0) is 9.84 Å². The molecule has 0 aliphatic carbocycles. The van der Waals surface area contributed by atoms with E-state index in [1.54, 1.807) is 18.5 Å². The van der Waals surface area contributed by atoms with E-state index in [1.165, 1.54) is 4.68 Å². The van der Waals surface area contributed by atoms with Crippen LogP contribution in [0.3, 0.4) is 0 Å². The van der Waals surface area contributed by atoms with Crippen LogP contribution in [0.1, 0.15) is 18.2 Å². The zero-order valence-corrected chi connectivity index (χ0v) is 9.26. The lowest BCUT2D eigenvalue weighted by molar-refractivity contribution is 0.525. The van der Waals surface area contributed by atoms with Gasteiger partial charge >= 0.3 is 0 Å². The molecule has 0 radical (unpaired) electrons. The van der Waals surface area contributed by atoms with Crippen LogP contribution < -0.4 is 0 Å². The second-order valence-corrected chi connectivity index (χ2v) is 6.14. The molecule has 3 heterocycles. The van der Waals surface area contributed by atoms with Gasteiger partial charge in [-0.1, -0.05) is 5.21 Å². The molecule has 1 aliphatic rings. The average Bonchev–Trinajstić information content (AvgIpc) is 2.81. The van der Waals surface area contributed by atoms with Gasteiger partial charge in [0.15, 0.2) is 15.2 Å². The van der Waals surface area contributed by atoms with Gasteiger partial charge in [0.25, 0.3) is 0 Å². The predicted molar refractivity (Wildman–Crippen MR) is 57.4 cm³/mol. The normalized spacial score (nSPS) is 23.9. The fraction of sp³-hybridized carbons (Fsp3) is 0.444. The number of sulfone groups is 1. The Balaban J connectivity index is 2.20. The summed E-state index contributed by atoms with van der Waals surface area (Å²) in [6, 6.07) is 1.74. The Bertz CT molecular complexity index is 634. The number of fused-ring (bicyclic) bond motifs is 1. The molecule has 3 rings (SSSR count). The molecule has 1 fully saturated rings. The Kier molecular flexibility index (Phi) is 1.97. The minimum atomic E-state index is -3.06. The summed E-state index contributed by atoms with van der Waals surface area (Å²) < 4.78 is 25.1. The van der Waals surface area contributed by atoms with Crippen molar-refractivity contribution in [3.8, 4) is 0 Å². The molecule has 84 valence electrons. The van der Waals surface area contributed by atoms with E-state index in [1.807, 2.05) is 0 Å². The van der Waals surface area contributed by atoms with Gasteiger partial charge in [-0.25, -0.2) is 13.1 Å². The monoisotopic (exact) mass is 238 g/mol. The molecule has 1 saturated heterocycles. The van der Waals surface area contributed by atoms with E-state index in [-0.39, 0.29) is 5.75 Å². The summed E-state index contributed by atoms with van der Waals surface area (Å²) in [6.07, 6.45) is 4.51. The van der Waals surface area contributed by atoms with Gasteiger partial charge in [0.1, 0.15) is 5.52 Å². The van der Waals surface area contributed by atoms with Gasteiger partial charge in [-0.15, -0.1) is 5.10 Å². The molecule has 0 saturated carbocycles. The highest BCUT2D eigenvalue weighted by Crippen LogP contribution is 2.30. The van der Waals surface area contributed by atoms with Crippen molar-refractivity contribution in [3.05, 3.63) is 18.5 Å². The molecule has 2 aromatic rings. The number of aromatic nitrogens is 4. The molecule has 0 N–H and O–H groups in total. The molecule has 7 heteroatoms. The van der Waals surface area contributed by atoms with Crippen molar-refractivity contribution in [2.24, 2.45) is 0 Å². The highest BCUT2D eigenvalue weighted by molar-refractivity contribution is 7.91. The molecule has 0 spiro atoms. The minimum absolute atomic E-state index is 0.240. The van der Waals surface area contributed by atoms with Crippen LogP contribution in [0.5, 0.6) is 0 Å². The van der Waals surface area contributed by atoms with Gasteiger partial charge in [-0.3, -0.25) is 4.98 Å². The van der Waals surface area contributed by atoms with E-state index in [0.717, 1.165) is 5.52 Å². The molecule has 6 nitrogen and oxygen atoms in total. The number of hydrogen-bond acceptors (Lipinski definition) is 5. The lowest BCUT2D eigenvalue weighted by Crippen LogP contribution is -2.16. The van der Waals surface area contributed by atoms with Crippen LogP contribution in [0.4, 0.5) is 0 Å². The molecule has 0 amide bonds. The van der Waals surface area contributed by atoms with Crippen molar-refractivity contribution in [2.45, 2.75) is 18.2 Å². The van der Waals surface area contributed by atoms with Crippen LogP contribution in [0, 0.1) is 0 Å². The third-order valence-corrected chi connectivity index (χ3v) is 4.96. The first kappa shape index (κ1) is 9.71. The maximum Gasteiger partial charge on any atom is 0.173 e. The first-order valence-corrected chi connectivity index (χ1v) is 6.76. The smallest absolute Gasteiger partial charge is 0.173 e. The topological polar surface area (TPSA) is 77.7 Å². The molecule has 1 atom stereocenters. The summed E-state index contributed by atoms with van der Waals surface area (Å²) >= 11 is 0. The summed E-state index contributed by atoms with van der Waals surface area (Å²) in [5.74, 6) is 0.240. The fourth-order valence-corrected chi connectivity index (χ4v) is 3.88. The van der Waals surface area contributed by atoms with Crippen molar-refractivity contribution < 1.29 is 8.42 Å². The van der Waals surface area contributed by atoms with Gasteiger partial charge in [0, 0.05) is 6.20 Å². The van der Waals surface area contributed by atoms with E-state index >= 15 is 0 Å². The third-order valence-electron chi connectivity index (χ3n) is 2.84. The summed E-state index contributed by atoms with van der Waals surface area (Å²) in [5.41, 5.74) is 1.36. The highest BCUT2D eigenvalue weighted by Gasteiger charge is 2.34. The van der Waals surface area contributed by atoms with Crippen molar-refractivity contribution in [1.29, 1.82) is 0 Å². The molecule has 0 bridgehead atoms. The lowest BCUT2D eigenvalue weighted by Gasteiger charge is -2.09. The quantitative estimate of drug-likeness (QED) is 0.724. The van der Waals surface area contributed by atoms with E-state index in [0.29, 0.717) is 18.4 Å². The van der Waals surface area contributed by atoms with Gasteiger partial charge < -0.3 is 0 Å². The van der Waals surface area contributed by atoms with Crippen molar-refractivity contribution in [1.82, 2.24) is 20.0 Å². The zero-order valence-electron chi connectivity index (χ0n) is 8.44. The second-order valence-electron chi connectivity index (χ2n) is 3.86. The summed E-state index contributed by atoms with van der Waals surface area (Å²) in [6.45, 7) is 0. The minimum Gasteiger partial charge on any atom is -0.262 e.